The lowest BCUT2D eigenvalue weighted by Gasteiger charge is -2.34. The summed E-state index contributed by atoms with van der Waals surface area (Å²) in [7, 11) is 0. The molecule has 0 aromatic carbocycles. The summed E-state index contributed by atoms with van der Waals surface area (Å²) < 4.78 is 4.80. The summed E-state index contributed by atoms with van der Waals surface area (Å²) in [6.07, 6.45) is -0.556. The Labute approximate surface area is 135 Å². The largest absolute Gasteiger partial charge is 0.465 e. The van der Waals surface area contributed by atoms with E-state index in [-0.39, 0.29) is 30.9 Å². The van der Waals surface area contributed by atoms with Crippen LogP contribution in [0.5, 0.6) is 0 Å². The number of carbonyl (C=O) groups is 3. The Morgan fingerprint density at radius 3 is 2.96 bits per heavy atom. The van der Waals surface area contributed by atoms with Crippen molar-refractivity contribution < 1.29 is 28.8 Å². The first-order chi connectivity index (χ1) is 11.0. The van der Waals surface area contributed by atoms with Crippen molar-refractivity contribution in [3.05, 3.63) is 16.5 Å². The molecule has 2 aliphatic heterocycles. The highest BCUT2D eigenvalue weighted by atomic mass is 32.1. The molecule has 1 unspecified atom stereocenters. The number of hydroxylamine groups is 2. The second kappa shape index (κ2) is 6.24. The first-order valence-electron chi connectivity index (χ1n) is 7.00. The summed E-state index contributed by atoms with van der Waals surface area (Å²) in [5, 5.41) is 2.79. The molecule has 1 aromatic heterocycles. The number of fused-ring (bicyclic) bond motifs is 1. The highest BCUT2D eigenvalue weighted by Gasteiger charge is 2.44. The zero-order chi connectivity index (χ0) is 16.6. The Balaban J connectivity index is 1.71. The van der Waals surface area contributed by atoms with Crippen molar-refractivity contribution in [1.29, 1.82) is 0 Å². The van der Waals surface area contributed by atoms with Gasteiger partial charge in [-0.05, 0) is 6.92 Å². The predicted octanol–water partition coefficient (Wildman–Crippen LogP) is 0.384. The molecule has 2 N–H and O–H groups in total. The van der Waals surface area contributed by atoms with Crippen LogP contribution in [-0.4, -0.2) is 53.9 Å². The first-order valence-corrected chi connectivity index (χ1v) is 7.88. The third-order valence-electron chi connectivity index (χ3n) is 3.39. The number of thiophene rings is 1. The number of imide groups is 1. The van der Waals surface area contributed by atoms with Crippen molar-refractivity contribution in [3.8, 4) is 0 Å². The number of nitrogens with two attached hydrogens (primary N) is 1. The number of ether oxygens (including phenoxy) is 1. The molecule has 2 amide bonds. The van der Waals surface area contributed by atoms with Crippen LogP contribution in [0.4, 0.5) is 5.00 Å². The van der Waals surface area contributed by atoms with Crippen LogP contribution in [0, 0.1) is 0 Å². The highest BCUT2D eigenvalue weighted by molar-refractivity contribution is 7.14. The lowest BCUT2D eigenvalue weighted by molar-refractivity contribution is -0.420. The van der Waals surface area contributed by atoms with Crippen LogP contribution in [0.15, 0.2) is 5.38 Å². The van der Waals surface area contributed by atoms with E-state index in [2.05, 4.69) is 0 Å². The average molecular weight is 341 g/mol. The predicted molar refractivity (Wildman–Crippen MR) is 78.0 cm³/mol. The van der Waals surface area contributed by atoms with Crippen LogP contribution in [0.2, 0.25) is 0 Å². The van der Waals surface area contributed by atoms with Gasteiger partial charge >= 0.3 is 5.97 Å². The number of hydrogen-bond acceptors (Lipinski definition) is 9. The van der Waals surface area contributed by atoms with Crippen molar-refractivity contribution in [1.82, 2.24) is 10.1 Å². The van der Waals surface area contributed by atoms with Gasteiger partial charge in [0.25, 0.3) is 11.8 Å². The average Bonchev–Trinajstić information content (AvgIpc) is 3.00. The molecule has 1 atom stereocenters. The molecule has 9 nitrogen and oxygen atoms in total. The molecule has 124 valence electrons. The molecule has 0 radical (unpaired) electrons. The van der Waals surface area contributed by atoms with Crippen LogP contribution in [0.3, 0.4) is 0 Å². The first kappa shape index (κ1) is 15.9. The second-order valence-electron chi connectivity index (χ2n) is 4.85. The molecule has 3 heterocycles. The Bertz CT molecular complexity index is 660. The fraction of sp³-hybridized carbons (Fsp3) is 0.462. The molecule has 0 bridgehead atoms. The zero-order valence-corrected chi connectivity index (χ0v) is 13.1. The number of nitrogen functional groups attached to an aromatic ring is 1. The van der Waals surface area contributed by atoms with E-state index in [1.165, 1.54) is 0 Å². The fourth-order valence-corrected chi connectivity index (χ4v) is 3.18. The number of carbonyl (C=O) groups excluding carboxylic acids is 3. The van der Waals surface area contributed by atoms with Gasteiger partial charge < -0.3 is 10.5 Å². The van der Waals surface area contributed by atoms with Crippen LogP contribution in [0.1, 0.15) is 34.1 Å². The van der Waals surface area contributed by atoms with Crippen molar-refractivity contribution in [2.24, 2.45) is 0 Å². The maximum absolute atomic E-state index is 12.4. The third kappa shape index (κ3) is 2.81. The van der Waals surface area contributed by atoms with Crippen molar-refractivity contribution in [3.63, 3.8) is 0 Å². The summed E-state index contributed by atoms with van der Waals surface area (Å²) in [5.41, 5.74) is 6.24. The molecule has 23 heavy (non-hydrogen) atoms. The van der Waals surface area contributed by atoms with E-state index < -0.39 is 24.0 Å². The molecule has 0 aliphatic carbocycles. The van der Waals surface area contributed by atoms with E-state index in [4.69, 9.17) is 20.1 Å². The normalized spacial score (nSPS) is 21.6. The summed E-state index contributed by atoms with van der Waals surface area (Å²) >= 11 is 1.15. The molecule has 0 saturated carbocycles. The minimum atomic E-state index is -0.852. The van der Waals surface area contributed by atoms with Crippen LogP contribution in [0.25, 0.3) is 0 Å². The van der Waals surface area contributed by atoms with Gasteiger partial charge in [0, 0.05) is 11.8 Å². The quantitative estimate of drug-likeness (QED) is 0.618. The summed E-state index contributed by atoms with van der Waals surface area (Å²) in [6.45, 7) is 1.86. The Morgan fingerprint density at radius 2 is 2.26 bits per heavy atom. The fourth-order valence-electron chi connectivity index (χ4n) is 2.40. The van der Waals surface area contributed by atoms with Crippen molar-refractivity contribution >= 4 is 34.1 Å². The van der Waals surface area contributed by atoms with Gasteiger partial charge in [-0.1, -0.05) is 5.23 Å². The molecule has 1 fully saturated rings. The number of hydrogen-bond donors (Lipinski definition) is 1. The van der Waals surface area contributed by atoms with E-state index >= 15 is 0 Å². The highest BCUT2D eigenvalue weighted by Crippen LogP contribution is 2.35. The van der Waals surface area contributed by atoms with E-state index in [0.717, 1.165) is 21.5 Å². The minimum Gasteiger partial charge on any atom is -0.465 e. The smallest absolute Gasteiger partial charge is 0.325 e. The number of nitrogens with zero attached hydrogens (tertiary/aromatic N) is 2. The minimum absolute atomic E-state index is 0.198. The SMILES string of the molecule is CCOC(=O)CN1OCCC(N2C(=O)c3csc(N)c3C2=O)O1. The summed E-state index contributed by atoms with van der Waals surface area (Å²) in [5.74, 6) is -1.48. The standard InChI is InChI=1S/C13H15N3O6S/c1-2-20-9(17)5-15-21-4-3-8(22-15)16-12(18)7-6-23-11(14)10(7)13(16)19/h6,8H,2-5,14H2,1H3. The molecule has 2 aliphatic rings. The van der Waals surface area contributed by atoms with Gasteiger partial charge in [-0.3, -0.25) is 19.2 Å². The zero-order valence-electron chi connectivity index (χ0n) is 12.3. The van der Waals surface area contributed by atoms with Gasteiger partial charge in [0.15, 0.2) is 6.23 Å². The molecule has 3 rings (SSSR count). The Kier molecular flexibility index (Phi) is 4.31. The van der Waals surface area contributed by atoms with E-state index in [1.807, 2.05) is 0 Å². The second-order valence-corrected chi connectivity index (χ2v) is 5.76. The summed E-state index contributed by atoms with van der Waals surface area (Å²) in [4.78, 5) is 47.9. The van der Waals surface area contributed by atoms with Gasteiger partial charge in [-0.15, -0.1) is 11.3 Å². The Morgan fingerprint density at radius 1 is 1.48 bits per heavy atom. The summed E-state index contributed by atoms with van der Waals surface area (Å²) in [6, 6.07) is 0. The van der Waals surface area contributed by atoms with Gasteiger partial charge in [-0.25, -0.2) is 9.74 Å². The lowest BCUT2D eigenvalue weighted by atomic mass is 10.2. The third-order valence-corrected chi connectivity index (χ3v) is 4.20. The molecule has 0 spiro atoms. The van der Waals surface area contributed by atoms with Crippen LogP contribution >= 0.6 is 11.3 Å². The van der Waals surface area contributed by atoms with Crippen LogP contribution < -0.4 is 5.73 Å². The molecular formula is C13H15N3O6S. The molecule has 1 aromatic rings. The van der Waals surface area contributed by atoms with E-state index in [9.17, 15) is 14.4 Å². The molecule has 10 heteroatoms. The van der Waals surface area contributed by atoms with E-state index in [1.54, 1.807) is 12.3 Å². The van der Waals surface area contributed by atoms with Crippen LogP contribution in [-0.2, 0) is 19.2 Å². The van der Waals surface area contributed by atoms with E-state index in [0.29, 0.717) is 11.4 Å². The maximum Gasteiger partial charge on any atom is 0.325 e. The van der Waals surface area contributed by atoms with Gasteiger partial charge in [0.2, 0.25) is 0 Å². The molecular weight excluding hydrogens is 326 g/mol. The number of amides is 2. The van der Waals surface area contributed by atoms with Gasteiger partial charge in [0.05, 0.1) is 29.3 Å². The lowest BCUT2D eigenvalue weighted by Crippen LogP contribution is -2.50. The molecule has 1 saturated heterocycles. The van der Waals surface area contributed by atoms with Gasteiger partial charge in [-0.2, -0.15) is 0 Å². The number of rotatable bonds is 4. The number of anilines is 1. The monoisotopic (exact) mass is 341 g/mol. The number of esters is 1. The topological polar surface area (TPSA) is 111 Å². The maximum atomic E-state index is 12.4. The van der Waals surface area contributed by atoms with Gasteiger partial charge in [0.1, 0.15) is 6.54 Å². The van der Waals surface area contributed by atoms with Crippen molar-refractivity contribution in [2.45, 2.75) is 19.6 Å². The Hall–Kier alpha value is -2.01. The van der Waals surface area contributed by atoms with Crippen molar-refractivity contribution in [2.75, 3.05) is 25.5 Å².